The number of hydrogen-bond donors (Lipinski definition) is 1. The molecule has 1 rings (SSSR count). The van der Waals surface area contributed by atoms with E-state index in [9.17, 15) is 31.1 Å². The summed E-state index contributed by atoms with van der Waals surface area (Å²) < 4.78 is 75.2. The smallest absolute Gasteiger partial charge is 0.392 e. The van der Waals surface area contributed by atoms with Crippen molar-refractivity contribution >= 4 is 6.29 Å². The van der Waals surface area contributed by atoms with Crippen LogP contribution in [0.25, 0.3) is 0 Å². The van der Waals surface area contributed by atoms with Gasteiger partial charge in [-0.1, -0.05) is 6.07 Å². The van der Waals surface area contributed by atoms with E-state index in [1.54, 1.807) is 0 Å². The highest BCUT2D eigenvalue weighted by molar-refractivity contribution is 5.81. The molecule has 0 atom stereocenters. The molecule has 0 saturated carbocycles. The van der Waals surface area contributed by atoms with Crippen molar-refractivity contribution < 1.29 is 36.2 Å². The van der Waals surface area contributed by atoms with Gasteiger partial charge in [-0.15, -0.1) is 0 Å². The minimum Gasteiger partial charge on any atom is -0.392 e. The van der Waals surface area contributed by atoms with Crippen LogP contribution >= 0.6 is 0 Å². The third-order valence-electron chi connectivity index (χ3n) is 2.21. The van der Waals surface area contributed by atoms with Crippen molar-refractivity contribution in [3.63, 3.8) is 0 Å². The molecule has 18 heavy (non-hydrogen) atoms. The zero-order valence-electron chi connectivity index (χ0n) is 8.56. The molecule has 0 aliphatic rings. The summed E-state index contributed by atoms with van der Waals surface area (Å²) in [7, 11) is 0. The van der Waals surface area contributed by atoms with Crippen molar-refractivity contribution in [1.82, 2.24) is 0 Å². The second-order valence-electron chi connectivity index (χ2n) is 3.33. The van der Waals surface area contributed by atoms with Crippen molar-refractivity contribution in [1.29, 1.82) is 0 Å². The van der Waals surface area contributed by atoms with Crippen LogP contribution in [0.2, 0.25) is 0 Å². The second-order valence-corrected chi connectivity index (χ2v) is 3.33. The van der Waals surface area contributed by atoms with E-state index in [1.165, 1.54) is 0 Å². The molecule has 1 N–H and O–H groups in total. The predicted octanol–water partition coefficient (Wildman–Crippen LogP) is 3.03. The first-order chi connectivity index (χ1) is 8.12. The van der Waals surface area contributed by atoms with Crippen LogP contribution in [0.15, 0.2) is 12.1 Å². The molecule has 0 aliphatic heterocycles. The molecule has 0 unspecified atom stereocenters. The molecule has 1 aromatic rings. The number of hydrogen-bond acceptors (Lipinski definition) is 2. The number of aliphatic hydroxyl groups is 1. The number of carbonyl (C=O) groups is 1. The lowest BCUT2D eigenvalue weighted by atomic mass is 9.96. The van der Waals surface area contributed by atoms with Crippen molar-refractivity contribution in [3.8, 4) is 0 Å². The molecule has 0 bridgehead atoms. The summed E-state index contributed by atoms with van der Waals surface area (Å²) >= 11 is 0. The third-order valence-corrected chi connectivity index (χ3v) is 2.21. The summed E-state index contributed by atoms with van der Waals surface area (Å²) in [5, 5.41) is 8.73. The van der Waals surface area contributed by atoms with Gasteiger partial charge in [0.05, 0.1) is 17.7 Å². The first kappa shape index (κ1) is 14.5. The number of benzene rings is 1. The molecule has 1 aromatic carbocycles. The van der Waals surface area contributed by atoms with Crippen LogP contribution in [0.4, 0.5) is 26.3 Å². The van der Waals surface area contributed by atoms with Crippen LogP contribution in [-0.4, -0.2) is 11.4 Å². The van der Waals surface area contributed by atoms with Crippen LogP contribution in [0.3, 0.4) is 0 Å². The normalized spacial score (nSPS) is 12.6. The van der Waals surface area contributed by atoms with Gasteiger partial charge in [-0.05, 0) is 11.6 Å². The Morgan fingerprint density at radius 3 is 1.94 bits per heavy atom. The summed E-state index contributed by atoms with van der Waals surface area (Å²) in [6, 6.07) is 0.836. The van der Waals surface area contributed by atoms with Crippen LogP contribution in [-0.2, 0) is 19.0 Å². The molecule has 0 heterocycles. The summed E-state index contributed by atoms with van der Waals surface area (Å²) in [6.45, 7) is -0.963. The van der Waals surface area contributed by atoms with Crippen LogP contribution < -0.4 is 0 Å². The fraction of sp³-hybridized carbons (Fsp3) is 0.300. The highest BCUT2D eigenvalue weighted by Crippen LogP contribution is 2.42. The van der Waals surface area contributed by atoms with Gasteiger partial charge in [-0.25, -0.2) is 0 Å². The monoisotopic (exact) mass is 272 g/mol. The Labute approximate surface area is 96.8 Å². The zero-order chi connectivity index (χ0) is 14.1. The van der Waals surface area contributed by atoms with Gasteiger partial charge in [0.25, 0.3) is 0 Å². The summed E-state index contributed by atoms with van der Waals surface area (Å²) in [4.78, 5) is 10.6. The minimum atomic E-state index is -5.34. The number of halogens is 6. The number of carbonyl (C=O) groups excluding carboxylic acids is 1. The van der Waals surface area contributed by atoms with E-state index in [4.69, 9.17) is 5.11 Å². The summed E-state index contributed by atoms with van der Waals surface area (Å²) in [5.74, 6) is 0. The fourth-order valence-electron chi connectivity index (χ4n) is 1.48. The average Bonchev–Trinajstić information content (AvgIpc) is 2.24. The lowest BCUT2D eigenvalue weighted by Gasteiger charge is -2.18. The Balaban J connectivity index is 3.72. The lowest BCUT2D eigenvalue weighted by molar-refractivity contribution is -0.162. The Hall–Kier alpha value is -1.57. The van der Waals surface area contributed by atoms with E-state index in [1.807, 2.05) is 0 Å². The molecule has 0 fully saturated rings. The van der Waals surface area contributed by atoms with Gasteiger partial charge in [0, 0.05) is 5.56 Å². The molecule has 0 amide bonds. The molecule has 0 saturated heterocycles. The number of rotatable bonds is 2. The van der Waals surface area contributed by atoms with Crippen molar-refractivity contribution in [2.24, 2.45) is 0 Å². The fourth-order valence-corrected chi connectivity index (χ4v) is 1.48. The van der Waals surface area contributed by atoms with E-state index in [2.05, 4.69) is 0 Å². The maximum absolute atomic E-state index is 12.6. The summed E-state index contributed by atoms with van der Waals surface area (Å²) in [5.41, 5.74) is -5.73. The van der Waals surface area contributed by atoms with Gasteiger partial charge in [0.2, 0.25) is 0 Å². The minimum absolute atomic E-state index is 0.196. The molecule has 0 radical (unpaired) electrons. The first-order valence-electron chi connectivity index (χ1n) is 4.49. The quantitative estimate of drug-likeness (QED) is 0.663. The van der Waals surface area contributed by atoms with Crippen LogP contribution in [0.5, 0.6) is 0 Å². The van der Waals surface area contributed by atoms with Crippen molar-refractivity contribution in [3.05, 3.63) is 34.4 Å². The van der Waals surface area contributed by atoms with E-state index >= 15 is 0 Å². The first-order valence-corrected chi connectivity index (χ1v) is 4.49. The summed E-state index contributed by atoms with van der Waals surface area (Å²) in [6.07, 6.45) is -10.9. The molecule has 2 nitrogen and oxygen atoms in total. The molecule has 8 heteroatoms. The Bertz CT molecular complexity index is 461. The van der Waals surface area contributed by atoms with Crippen LogP contribution in [0, 0.1) is 0 Å². The highest BCUT2D eigenvalue weighted by Gasteiger charge is 2.45. The average molecular weight is 272 g/mol. The van der Waals surface area contributed by atoms with Gasteiger partial charge in [0.15, 0.2) is 6.29 Å². The second kappa shape index (κ2) is 4.60. The largest absolute Gasteiger partial charge is 0.417 e. The maximum Gasteiger partial charge on any atom is 0.417 e. The number of alkyl halides is 6. The molecule has 0 aromatic heterocycles. The molecular formula is C10H6F6O2. The molecule has 0 spiro atoms. The number of aliphatic hydroxyl groups excluding tert-OH is 1. The van der Waals surface area contributed by atoms with Gasteiger partial charge >= 0.3 is 12.4 Å². The standard InChI is InChI=1S/C10H6F6O2/c11-9(12,13)7-2-1-5(3-17)6(4-18)8(7)10(14,15)16/h1-2,4,17H,3H2. The van der Waals surface area contributed by atoms with E-state index in [0.29, 0.717) is 6.07 Å². The van der Waals surface area contributed by atoms with E-state index in [0.717, 1.165) is 0 Å². The highest BCUT2D eigenvalue weighted by atomic mass is 19.4. The van der Waals surface area contributed by atoms with Gasteiger partial charge in [-0.3, -0.25) is 4.79 Å². The lowest BCUT2D eigenvalue weighted by Crippen LogP contribution is -2.20. The van der Waals surface area contributed by atoms with Crippen molar-refractivity contribution in [2.75, 3.05) is 0 Å². The van der Waals surface area contributed by atoms with Gasteiger partial charge < -0.3 is 5.11 Å². The van der Waals surface area contributed by atoms with Crippen molar-refractivity contribution in [2.45, 2.75) is 19.0 Å². The predicted molar refractivity (Wildman–Crippen MR) is 47.8 cm³/mol. The third kappa shape index (κ3) is 2.63. The topological polar surface area (TPSA) is 37.3 Å². The molecule has 0 aliphatic carbocycles. The Kier molecular flexibility index (Phi) is 3.70. The van der Waals surface area contributed by atoms with Gasteiger partial charge in [0.1, 0.15) is 0 Å². The van der Waals surface area contributed by atoms with E-state index in [-0.39, 0.29) is 12.4 Å². The van der Waals surface area contributed by atoms with Gasteiger partial charge in [-0.2, -0.15) is 26.3 Å². The molecule has 100 valence electrons. The van der Waals surface area contributed by atoms with E-state index < -0.39 is 41.2 Å². The number of aldehydes is 1. The Morgan fingerprint density at radius 1 is 1.06 bits per heavy atom. The maximum atomic E-state index is 12.6. The SMILES string of the molecule is O=Cc1c(CO)ccc(C(F)(F)F)c1C(F)(F)F. The zero-order valence-corrected chi connectivity index (χ0v) is 8.56. The Morgan fingerprint density at radius 2 is 1.61 bits per heavy atom. The molecular weight excluding hydrogens is 266 g/mol. The van der Waals surface area contributed by atoms with Crippen LogP contribution in [0.1, 0.15) is 27.0 Å².